The molecule has 0 aliphatic carbocycles. The maximum absolute atomic E-state index is 10.3. The fourth-order valence-electron chi connectivity index (χ4n) is 0.335. The first-order valence-electron chi connectivity index (χ1n) is 2.54. The van der Waals surface area contributed by atoms with Crippen LogP contribution in [0.4, 0.5) is 0 Å². The number of rotatable bonds is 3. The van der Waals surface area contributed by atoms with E-state index in [-0.39, 0.29) is 109 Å². The van der Waals surface area contributed by atoms with Crippen LogP contribution >= 0.6 is 0 Å². The Bertz CT molecular complexity index is 126. The van der Waals surface area contributed by atoms with Crippen LogP contribution in [0.5, 0.6) is 0 Å². The maximum atomic E-state index is 10.3. The Morgan fingerprint density at radius 1 is 1.36 bits per heavy atom. The SMILES string of the molecule is CCOC(=O)CC(=O)O.[K+].[K+]. The first-order chi connectivity index (χ1) is 4.16. The molecule has 0 aromatic rings. The van der Waals surface area contributed by atoms with Gasteiger partial charge in [-0.1, -0.05) is 0 Å². The minimum Gasteiger partial charge on any atom is -0.481 e. The minimum absolute atomic E-state index is 0. The number of carbonyl (C=O) groups is 2. The molecule has 0 atom stereocenters. The first-order valence-corrected chi connectivity index (χ1v) is 2.54. The third-order valence-corrected chi connectivity index (χ3v) is 0.601. The van der Waals surface area contributed by atoms with Gasteiger partial charge in [0.25, 0.3) is 0 Å². The minimum atomic E-state index is -1.16. The van der Waals surface area contributed by atoms with Crippen LogP contribution in [0.25, 0.3) is 0 Å². The van der Waals surface area contributed by atoms with Crippen molar-refractivity contribution in [2.75, 3.05) is 6.61 Å². The molecular formula is C5H8K2O4+2. The Morgan fingerprint density at radius 3 is 2.09 bits per heavy atom. The van der Waals surface area contributed by atoms with E-state index >= 15 is 0 Å². The van der Waals surface area contributed by atoms with Crippen molar-refractivity contribution >= 4 is 11.9 Å². The van der Waals surface area contributed by atoms with Crippen molar-refractivity contribution < 1.29 is 122 Å². The standard InChI is InChI=1S/C5H8O4.2K/c1-2-9-5(8)3-4(6)7;;/h2-3H2,1H3,(H,6,7);;/q;2*+1. The van der Waals surface area contributed by atoms with Crippen molar-refractivity contribution in [2.24, 2.45) is 0 Å². The number of hydrogen-bond acceptors (Lipinski definition) is 3. The van der Waals surface area contributed by atoms with Crippen LogP contribution in [0.1, 0.15) is 13.3 Å². The predicted molar refractivity (Wildman–Crippen MR) is 28.9 cm³/mol. The quantitative estimate of drug-likeness (QED) is 0.286. The van der Waals surface area contributed by atoms with Crippen LogP contribution in [0, 0.1) is 0 Å². The van der Waals surface area contributed by atoms with Gasteiger partial charge in [-0.2, -0.15) is 0 Å². The van der Waals surface area contributed by atoms with Gasteiger partial charge in [0.1, 0.15) is 6.42 Å². The van der Waals surface area contributed by atoms with Gasteiger partial charge in [-0.3, -0.25) is 9.59 Å². The smallest absolute Gasteiger partial charge is 0.481 e. The van der Waals surface area contributed by atoms with E-state index in [1.807, 2.05) is 0 Å². The molecule has 0 aliphatic heterocycles. The molecule has 0 rings (SSSR count). The zero-order chi connectivity index (χ0) is 7.28. The summed E-state index contributed by atoms with van der Waals surface area (Å²) >= 11 is 0. The van der Waals surface area contributed by atoms with Gasteiger partial charge >= 0.3 is 115 Å². The van der Waals surface area contributed by atoms with Gasteiger partial charge in [-0.15, -0.1) is 0 Å². The number of carboxylic acid groups (broad SMARTS) is 1. The number of ether oxygens (including phenoxy) is 1. The largest absolute Gasteiger partial charge is 1.00 e. The second kappa shape index (κ2) is 12.2. The summed E-state index contributed by atoms with van der Waals surface area (Å²) in [5, 5.41) is 8.01. The number of hydrogen-bond donors (Lipinski definition) is 1. The average Bonchev–Trinajstić information content (AvgIpc) is 1.63. The van der Waals surface area contributed by atoms with Gasteiger partial charge in [0.05, 0.1) is 6.61 Å². The number of esters is 1. The second-order valence-corrected chi connectivity index (χ2v) is 1.38. The van der Waals surface area contributed by atoms with E-state index in [0.29, 0.717) is 0 Å². The van der Waals surface area contributed by atoms with Gasteiger partial charge in [0.15, 0.2) is 0 Å². The van der Waals surface area contributed by atoms with E-state index in [4.69, 9.17) is 5.11 Å². The Kier molecular flexibility index (Phi) is 21.0. The van der Waals surface area contributed by atoms with E-state index in [1.165, 1.54) is 0 Å². The van der Waals surface area contributed by atoms with Crippen molar-refractivity contribution in [3.63, 3.8) is 0 Å². The maximum Gasteiger partial charge on any atom is 1.00 e. The molecule has 0 amide bonds. The molecule has 0 unspecified atom stereocenters. The third-order valence-electron chi connectivity index (χ3n) is 0.601. The van der Waals surface area contributed by atoms with E-state index < -0.39 is 18.4 Å². The summed E-state index contributed by atoms with van der Waals surface area (Å²) in [6, 6.07) is 0. The molecule has 6 heteroatoms. The van der Waals surface area contributed by atoms with Crippen LogP contribution in [-0.4, -0.2) is 23.7 Å². The molecule has 0 saturated heterocycles. The van der Waals surface area contributed by atoms with Crippen molar-refractivity contribution in [2.45, 2.75) is 13.3 Å². The summed E-state index contributed by atoms with van der Waals surface area (Å²) in [6.45, 7) is 1.85. The van der Waals surface area contributed by atoms with Crippen molar-refractivity contribution in [3.05, 3.63) is 0 Å². The number of aliphatic carboxylic acids is 1. The summed E-state index contributed by atoms with van der Waals surface area (Å²) in [5.74, 6) is -1.85. The first kappa shape index (κ1) is 18.9. The Labute approximate surface area is 150 Å². The van der Waals surface area contributed by atoms with E-state index in [1.54, 1.807) is 6.92 Å². The Hall–Kier alpha value is 2.21. The molecule has 0 spiro atoms. The molecule has 0 heterocycles. The van der Waals surface area contributed by atoms with Crippen LogP contribution in [0.2, 0.25) is 0 Å². The summed E-state index contributed by atoms with van der Waals surface area (Å²) in [6.07, 6.45) is -0.548. The molecule has 0 aliphatic rings. The van der Waals surface area contributed by atoms with Crippen molar-refractivity contribution in [3.8, 4) is 0 Å². The normalized spacial score (nSPS) is 7.00. The van der Waals surface area contributed by atoms with Gasteiger partial charge < -0.3 is 9.84 Å². The molecule has 0 aromatic heterocycles. The predicted octanol–water partition coefficient (Wildman–Crippen LogP) is -5.97. The van der Waals surface area contributed by atoms with Crippen molar-refractivity contribution in [1.29, 1.82) is 0 Å². The second-order valence-electron chi connectivity index (χ2n) is 1.38. The van der Waals surface area contributed by atoms with Gasteiger partial charge in [0.2, 0.25) is 0 Å². The van der Waals surface area contributed by atoms with Crippen LogP contribution in [0.3, 0.4) is 0 Å². The fraction of sp³-hybridized carbons (Fsp3) is 0.600. The molecule has 1 N–H and O–H groups in total. The zero-order valence-corrected chi connectivity index (χ0v) is 13.3. The molecular weight excluding hydrogens is 202 g/mol. The topological polar surface area (TPSA) is 63.6 Å². The molecule has 52 valence electrons. The van der Waals surface area contributed by atoms with E-state index in [9.17, 15) is 9.59 Å². The van der Waals surface area contributed by atoms with Crippen LogP contribution in [-0.2, 0) is 14.3 Å². The third kappa shape index (κ3) is 15.0. The fourth-order valence-corrected chi connectivity index (χ4v) is 0.335. The van der Waals surface area contributed by atoms with E-state index in [0.717, 1.165) is 0 Å². The summed E-state index contributed by atoms with van der Waals surface area (Å²) in [4.78, 5) is 20.0. The number of carbonyl (C=O) groups excluding carboxylic acids is 1. The average molecular weight is 210 g/mol. The van der Waals surface area contributed by atoms with Gasteiger partial charge in [-0.05, 0) is 6.92 Å². The molecule has 0 bridgehead atoms. The van der Waals surface area contributed by atoms with Crippen molar-refractivity contribution in [1.82, 2.24) is 0 Å². The summed E-state index contributed by atoms with van der Waals surface area (Å²) in [7, 11) is 0. The Morgan fingerprint density at radius 2 is 1.82 bits per heavy atom. The molecule has 0 saturated carbocycles. The number of carboxylic acids is 1. The van der Waals surface area contributed by atoms with Crippen LogP contribution < -0.4 is 103 Å². The molecule has 4 nitrogen and oxygen atoms in total. The summed E-state index contributed by atoms with van der Waals surface area (Å²) < 4.78 is 4.33. The molecule has 0 radical (unpaired) electrons. The molecule has 11 heavy (non-hydrogen) atoms. The Balaban J connectivity index is -0.000000320. The van der Waals surface area contributed by atoms with Gasteiger partial charge in [0, 0.05) is 0 Å². The molecule has 0 aromatic carbocycles. The van der Waals surface area contributed by atoms with E-state index in [2.05, 4.69) is 4.74 Å². The van der Waals surface area contributed by atoms with Crippen LogP contribution in [0.15, 0.2) is 0 Å². The zero-order valence-electron chi connectivity index (χ0n) is 7.09. The molecule has 0 fully saturated rings. The van der Waals surface area contributed by atoms with Gasteiger partial charge in [-0.25, -0.2) is 0 Å². The monoisotopic (exact) mass is 210 g/mol. The summed E-state index contributed by atoms with van der Waals surface area (Å²) in [5.41, 5.74) is 0.